The highest BCUT2D eigenvalue weighted by atomic mass is 35.5. The SMILES string of the molecule is O=C(NN=Cc1c(O)ccc2ccccc12)c1cc(-c2cccc(OCc3ccc(Cl)cc3)c2)n[nH]1. The van der Waals surface area contributed by atoms with E-state index in [0.717, 1.165) is 21.9 Å². The predicted molar refractivity (Wildman–Crippen MR) is 140 cm³/mol. The van der Waals surface area contributed by atoms with Crippen LogP contribution in [-0.4, -0.2) is 27.4 Å². The lowest BCUT2D eigenvalue weighted by atomic mass is 10.0. The third kappa shape index (κ3) is 5.21. The molecule has 0 atom stereocenters. The molecule has 178 valence electrons. The van der Waals surface area contributed by atoms with Crippen LogP contribution in [0.25, 0.3) is 22.0 Å². The predicted octanol–water partition coefficient (Wildman–Crippen LogP) is 5.93. The lowest BCUT2D eigenvalue weighted by molar-refractivity contribution is 0.0950. The summed E-state index contributed by atoms with van der Waals surface area (Å²) in [5.41, 5.74) is 5.63. The summed E-state index contributed by atoms with van der Waals surface area (Å²) in [5.74, 6) is 0.296. The van der Waals surface area contributed by atoms with Crippen LogP contribution >= 0.6 is 11.6 Å². The normalized spacial score (nSPS) is 11.1. The van der Waals surface area contributed by atoms with E-state index < -0.39 is 5.91 Å². The smallest absolute Gasteiger partial charge is 0.289 e. The number of H-pyrrole nitrogens is 1. The van der Waals surface area contributed by atoms with Gasteiger partial charge in [-0.3, -0.25) is 9.89 Å². The van der Waals surface area contributed by atoms with Crippen LogP contribution in [0.15, 0.2) is 96.1 Å². The summed E-state index contributed by atoms with van der Waals surface area (Å²) >= 11 is 5.93. The molecule has 7 nitrogen and oxygen atoms in total. The first-order valence-corrected chi connectivity index (χ1v) is 11.5. The molecule has 5 aromatic rings. The number of fused-ring (bicyclic) bond motifs is 1. The van der Waals surface area contributed by atoms with Crippen LogP contribution in [0.2, 0.25) is 5.02 Å². The topological polar surface area (TPSA) is 99.6 Å². The van der Waals surface area contributed by atoms with Gasteiger partial charge in [0.25, 0.3) is 5.91 Å². The van der Waals surface area contributed by atoms with Crippen molar-refractivity contribution in [1.29, 1.82) is 0 Å². The lowest BCUT2D eigenvalue weighted by Gasteiger charge is -2.07. The second-order valence-corrected chi connectivity index (χ2v) is 8.46. The number of carbonyl (C=O) groups excluding carboxylic acids is 1. The number of hydrogen-bond donors (Lipinski definition) is 3. The lowest BCUT2D eigenvalue weighted by Crippen LogP contribution is -2.18. The van der Waals surface area contributed by atoms with E-state index in [1.807, 2.05) is 78.9 Å². The van der Waals surface area contributed by atoms with Gasteiger partial charge >= 0.3 is 0 Å². The Hall–Kier alpha value is -4.62. The van der Waals surface area contributed by atoms with E-state index >= 15 is 0 Å². The highest BCUT2D eigenvalue weighted by Gasteiger charge is 2.12. The monoisotopic (exact) mass is 496 g/mol. The molecule has 1 amide bonds. The highest BCUT2D eigenvalue weighted by molar-refractivity contribution is 6.30. The third-order valence-corrected chi connectivity index (χ3v) is 5.83. The van der Waals surface area contributed by atoms with Crippen molar-refractivity contribution in [3.05, 3.63) is 113 Å². The van der Waals surface area contributed by atoms with Crippen LogP contribution in [-0.2, 0) is 6.61 Å². The van der Waals surface area contributed by atoms with Crippen molar-refractivity contribution < 1.29 is 14.6 Å². The minimum absolute atomic E-state index is 0.0775. The summed E-state index contributed by atoms with van der Waals surface area (Å²) in [6.07, 6.45) is 1.42. The summed E-state index contributed by atoms with van der Waals surface area (Å²) in [6, 6.07) is 27.6. The number of nitrogens with zero attached hydrogens (tertiary/aromatic N) is 2. The maximum atomic E-state index is 12.6. The summed E-state index contributed by atoms with van der Waals surface area (Å²) in [6.45, 7) is 0.402. The standard InChI is InChI=1S/C28H21ClN4O3/c29-21-11-8-18(9-12-21)17-36-22-6-3-5-20(14-22)25-15-26(32-31-25)28(35)33-30-16-24-23-7-2-1-4-19(23)10-13-27(24)34/h1-16,34H,17H2,(H,31,32)(H,33,35). The van der Waals surface area contributed by atoms with Gasteiger partial charge < -0.3 is 9.84 Å². The molecule has 3 N–H and O–H groups in total. The molecule has 0 aliphatic heterocycles. The van der Waals surface area contributed by atoms with Crippen molar-refractivity contribution >= 4 is 34.5 Å². The summed E-state index contributed by atoms with van der Waals surface area (Å²) < 4.78 is 5.88. The Balaban J connectivity index is 1.25. The molecule has 0 spiro atoms. The molecule has 36 heavy (non-hydrogen) atoms. The fraction of sp³-hybridized carbons (Fsp3) is 0.0357. The van der Waals surface area contributed by atoms with Gasteiger partial charge in [-0.15, -0.1) is 0 Å². The average Bonchev–Trinajstić information content (AvgIpc) is 3.40. The number of phenols is 1. The maximum Gasteiger partial charge on any atom is 0.289 e. The Bertz CT molecular complexity index is 1560. The van der Waals surface area contributed by atoms with Gasteiger partial charge in [0.05, 0.1) is 11.9 Å². The van der Waals surface area contributed by atoms with Gasteiger partial charge in [-0.2, -0.15) is 10.2 Å². The van der Waals surface area contributed by atoms with E-state index in [9.17, 15) is 9.90 Å². The van der Waals surface area contributed by atoms with Crippen molar-refractivity contribution in [1.82, 2.24) is 15.6 Å². The summed E-state index contributed by atoms with van der Waals surface area (Å²) in [7, 11) is 0. The van der Waals surface area contributed by atoms with Crippen molar-refractivity contribution in [2.75, 3.05) is 0 Å². The molecule has 8 heteroatoms. The zero-order chi connectivity index (χ0) is 24.9. The van der Waals surface area contributed by atoms with Gasteiger partial charge in [0, 0.05) is 16.1 Å². The summed E-state index contributed by atoms with van der Waals surface area (Å²) in [4.78, 5) is 12.6. The van der Waals surface area contributed by atoms with Gasteiger partial charge in [-0.25, -0.2) is 5.43 Å². The fourth-order valence-electron chi connectivity index (χ4n) is 3.71. The van der Waals surface area contributed by atoms with E-state index in [4.69, 9.17) is 16.3 Å². The van der Waals surface area contributed by atoms with Crippen LogP contribution < -0.4 is 10.2 Å². The Labute approximate surface area is 212 Å². The van der Waals surface area contributed by atoms with Crippen LogP contribution in [0, 0.1) is 0 Å². The maximum absolute atomic E-state index is 12.6. The van der Waals surface area contributed by atoms with Crippen molar-refractivity contribution in [2.45, 2.75) is 6.61 Å². The van der Waals surface area contributed by atoms with Crippen LogP contribution in [0.5, 0.6) is 11.5 Å². The van der Waals surface area contributed by atoms with E-state index in [2.05, 4.69) is 20.7 Å². The number of phenolic OH excluding ortho intramolecular Hbond substituents is 1. The van der Waals surface area contributed by atoms with Gasteiger partial charge in [0.2, 0.25) is 0 Å². The van der Waals surface area contributed by atoms with Gasteiger partial charge in [0.1, 0.15) is 23.8 Å². The molecule has 0 radical (unpaired) electrons. The second-order valence-electron chi connectivity index (χ2n) is 8.03. The number of aromatic nitrogens is 2. The number of carbonyl (C=O) groups is 1. The first kappa shape index (κ1) is 23.1. The first-order chi connectivity index (χ1) is 17.6. The number of rotatable bonds is 7. The number of amides is 1. The Morgan fingerprint density at radius 3 is 2.72 bits per heavy atom. The van der Waals surface area contributed by atoms with Gasteiger partial charge in [-0.05, 0) is 52.7 Å². The number of nitrogens with one attached hydrogen (secondary N) is 2. The number of aromatic amines is 1. The van der Waals surface area contributed by atoms with Gasteiger partial charge in [-0.1, -0.05) is 66.2 Å². The van der Waals surface area contributed by atoms with Crippen LogP contribution in [0.1, 0.15) is 21.6 Å². The molecule has 0 bridgehead atoms. The minimum Gasteiger partial charge on any atom is -0.507 e. The molecule has 4 aromatic carbocycles. The molecule has 5 rings (SSSR count). The van der Waals surface area contributed by atoms with Crippen molar-refractivity contribution in [2.24, 2.45) is 5.10 Å². The van der Waals surface area contributed by atoms with Gasteiger partial charge in [0.15, 0.2) is 0 Å². The minimum atomic E-state index is -0.458. The average molecular weight is 497 g/mol. The first-order valence-electron chi connectivity index (χ1n) is 11.1. The Kier molecular flexibility index (Phi) is 6.64. The number of benzene rings is 4. The van der Waals surface area contributed by atoms with E-state index in [1.165, 1.54) is 6.21 Å². The fourth-order valence-corrected chi connectivity index (χ4v) is 3.84. The number of hydrogen-bond acceptors (Lipinski definition) is 5. The molecule has 1 heterocycles. The number of ether oxygens (including phenoxy) is 1. The molecule has 0 aliphatic rings. The number of aromatic hydroxyl groups is 1. The molecule has 0 saturated heterocycles. The highest BCUT2D eigenvalue weighted by Crippen LogP contribution is 2.26. The third-order valence-electron chi connectivity index (χ3n) is 5.58. The van der Waals surface area contributed by atoms with E-state index in [1.54, 1.807) is 12.1 Å². The van der Waals surface area contributed by atoms with E-state index in [0.29, 0.717) is 28.6 Å². The molecular weight excluding hydrogens is 476 g/mol. The Morgan fingerprint density at radius 2 is 1.86 bits per heavy atom. The molecule has 1 aromatic heterocycles. The molecule has 0 saturated carbocycles. The molecular formula is C28H21ClN4O3. The molecule has 0 aliphatic carbocycles. The van der Waals surface area contributed by atoms with Crippen LogP contribution in [0.4, 0.5) is 0 Å². The van der Waals surface area contributed by atoms with Crippen molar-refractivity contribution in [3.8, 4) is 22.8 Å². The largest absolute Gasteiger partial charge is 0.507 e. The van der Waals surface area contributed by atoms with Crippen LogP contribution in [0.3, 0.4) is 0 Å². The van der Waals surface area contributed by atoms with E-state index in [-0.39, 0.29) is 11.4 Å². The number of hydrazone groups is 1. The second kappa shape index (κ2) is 10.3. The molecule has 0 unspecified atom stereocenters. The Morgan fingerprint density at radius 1 is 1.03 bits per heavy atom. The molecule has 0 fully saturated rings. The zero-order valence-corrected chi connectivity index (χ0v) is 19.7. The summed E-state index contributed by atoms with van der Waals surface area (Å²) in [5, 5.41) is 23.7. The quantitative estimate of drug-likeness (QED) is 0.192. The number of halogens is 1. The zero-order valence-electron chi connectivity index (χ0n) is 19.0. The van der Waals surface area contributed by atoms with Crippen molar-refractivity contribution in [3.63, 3.8) is 0 Å².